The van der Waals surface area contributed by atoms with Crippen LogP contribution in [-0.2, 0) is 0 Å². The number of phenolic OH excluding ortho intramolecular Hbond substituents is 1. The molecule has 0 unspecified atom stereocenters. The number of methoxy groups -OCH3 is 2. The highest BCUT2D eigenvalue weighted by molar-refractivity contribution is 5.77. The van der Waals surface area contributed by atoms with E-state index in [1.807, 2.05) is 37.3 Å². The van der Waals surface area contributed by atoms with E-state index in [1.165, 1.54) is 0 Å². The predicted molar refractivity (Wildman–Crippen MR) is 71.4 cm³/mol. The van der Waals surface area contributed by atoms with Gasteiger partial charge in [0, 0.05) is 0 Å². The minimum Gasteiger partial charge on any atom is -0.508 e. The molecule has 2 rings (SSSR count). The van der Waals surface area contributed by atoms with Crippen LogP contribution in [0.2, 0.25) is 0 Å². The monoisotopic (exact) mass is 244 g/mol. The highest BCUT2D eigenvalue weighted by Crippen LogP contribution is 2.39. The summed E-state index contributed by atoms with van der Waals surface area (Å²) in [5.41, 5.74) is 2.67. The second-order valence-corrected chi connectivity index (χ2v) is 4.04. The average Bonchev–Trinajstić information content (AvgIpc) is 2.41. The number of phenols is 1. The molecular formula is C15H16O3. The largest absolute Gasteiger partial charge is 0.508 e. The van der Waals surface area contributed by atoms with Gasteiger partial charge in [0.25, 0.3) is 0 Å². The van der Waals surface area contributed by atoms with Gasteiger partial charge in [-0.15, -0.1) is 0 Å². The van der Waals surface area contributed by atoms with Crippen molar-refractivity contribution in [3.63, 3.8) is 0 Å². The zero-order chi connectivity index (χ0) is 13.1. The number of rotatable bonds is 3. The van der Waals surface area contributed by atoms with Crippen molar-refractivity contribution < 1.29 is 14.6 Å². The number of ether oxygens (including phenoxy) is 2. The molecule has 3 heteroatoms. The molecule has 0 heterocycles. The molecule has 18 heavy (non-hydrogen) atoms. The number of aromatic hydroxyl groups is 1. The van der Waals surface area contributed by atoms with Crippen molar-refractivity contribution in [1.82, 2.24) is 0 Å². The van der Waals surface area contributed by atoms with E-state index in [-0.39, 0.29) is 5.75 Å². The van der Waals surface area contributed by atoms with Crippen molar-refractivity contribution in [2.75, 3.05) is 14.2 Å². The molecule has 0 saturated heterocycles. The molecule has 0 radical (unpaired) electrons. The summed E-state index contributed by atoms with van der Waals surface area (Å²) in [6.07, 6.45) is 0. The SMILES string of the molecule is COc1cccc(OC)c1-c1ccc(O)c(C)c1. The van der Waals surface area contributed by atoms with Gasteiger partial charge >= 0.3 is 0 Å². The summed E-state index contributed by atoms with van der Waals surface area (Å²) < 4.78 is 10.7. The summed E-state index contributed by atoms with van der Waals surface area (Å²) in [6.45, 7) is 1.86. The molecule has 0 fully saturated rings. The highest BCUT2D eigenvalue weighted by atomic mass is 16.5. The van der Waals surface area contributed by atoms with Crippen LogP contribution in [0, 0.1) is 6.92 Å². The van der Waals surface area contributed by atoms with Crippen LogP contribution in [0.1, 0.15) is 5.56 Å². The Morgan fingerprint density at radius 1 is 0.944 bits per heavy atom. The molecule has 0 aliphatic carbocycles. The molecule has 0 bridgehead atoms. The fraction of sp³-hybridized carbons (Fsp3) is 0.200. The molecule has 2 aromatic carbocycles. The normalized spacial score (nSPS) is 10.2. The highest BCUT2D eigenvalue weighted by Gasteiger charge is 2.12. The Balaban J connectivity index is 2.64. The molecule has 1 N–H and O–H groups in total. The van der Waals surface area contributed by atoms with Crippen LogP contribution in [0.25, 0.3) is 11.1 Å². The van der Waals surface area contributed by atoms with Crippen LogP contribution in [0.4, 0.5) is 0 Å². The van der Waals surface area contributed by atoms with Crippen molar-refractivity contribution in [3.05, 3.63) is 42.0 Å². The topological polar surface area (TPSA) is 38.7 Å². The maximum atomic E-state index is 9.58. The first-order chi connectivity index (χ1) is 8.67. The van der Waals surface area contributed by atoms with Crippen LogP contribution in [0.15, 0.2) is 36.4 Å². The fourth-order valence-electron chi connectivity index (χ4n) is 1.95. The van der Waals surface area contributed by atoms with Crippen LogP contribution in [-0.4, -0.2) is 19.3 Å². The quantitative estimate of drug-likeness (QED) is 0.899. The summed E-state index contributed by atoms with van der Waals surface area (Å²) in [6, 6.07) is 11.1. The summed E-state index contributed by atoms with van der Waals surface area (Å²) in [7, 11) is 3.26. The second-order valence-electron chi connectivity index (χ2n) is 4.04. The Hall–Kier alpha value is -2.16. The van der Waals surface area contributed by atoms with Gasteiger partial charge in [0.05, 0.1) is 19.8 Å². The second kappa shape index (κ2) is 5.00. The summed E-state index contributed by atoms with van der Waals surface area (Å²) in [5.74, 6) is 1.78. The lowest BCUT2D eigenvalue weighted by Crippen LogP contribution is -1.93. The minimum absolute atomic E-state index is 0.285. The Bertz CT molecular complexity index is 539. The molecule has 0 aromatic heterocycles. The van der Waals surface area contributed by atoms with Gasteiger partial charge in [-0.05, 0) is 42.3 Å². The van der Waals surface area contributed by atoms with E-state index in [1.54, 1.807) is 20.3 Å². The van der Waals surface area contributed by atoms with E-state index in [2.05, 4.69) is 0 Å². The fourth-order valence-corrected chi connectivity index (χ4v) is 1.95. The molecule has 0 atom stereocenters. The first kappa shape index (κ1) is 12.3. The van der Waals surface area contributed by atoms with E-state index in [0.29, 0.717) is 0 Å². The molecule has 0 spiro atoms. The molecule has 94 valence electrons. The van der Waals surface area contributed by atoms with Crippen molar-refractivity contribution in [1.29, 1.82) is 0 Å². The molecule has 0 saturated carbocycles. The predicted octanol–water partition coefficient (Wildman–Crippen LogP) is 3.38. The van der Waals surface area contributed by atoms with Crippen molar-refractivity contribution in [2.24, 2.45) is 0 Å². The standard InChI is InChI=1S/C15H16O3/c1-10-9-11(7-8-12(10)16)15-13(17-2)5-4-6-14(15)18-3/h4-9,16H,1-3H3. The van der Waals surface area contributed by atoms with E-state index in [0.717, 1.165) is 28.2 Å². The molecule has 3 nitrogen and oxygen atoms in total. The zero-order valence-corrected chi connectivity index (χ0v) is 10.7. The summed E-state index contributed by atoms with van der Waals surface area (Å²) >= 11 is 0. The van der Waals surface area contributed by atoms with Crippen molar-refractivity contribution >= 4 is 0 Å². The van der Waals surface area contributed by atoms with Gasteiger partial charge in [0.1, 0.15) is 17.2 Å². The molecular weight excluding hydrogens is 228 g/mol. The first-order valence-electron chi connectivity index (χ1n) is 5.68. The molecule has 0 amide bonds. The van der Waals surface area contributed by atoms with Gasteiger partial charge < -0.3 is 14.6 Å². The maximum Gasteiger partial charge on any atom is 0.130 e. The lowest BCUT2D eigenvalue weighted by molar-refractivity contribution is 0.397. The van der Waals surface area contributed by atoms with Gasteiger partial charge in [-0.25, -0.2) is 0 Å². The van der Waals surface area contributed by atoms with Gasteiger partial charge in [-0.2, -0.15) is 0 Å². The lowest BCUT2D eigenvalue weighted by atomic mass is 10.0. The van der Waals surface area contributed by atoms with E-state index < -0.39 is 0 Å². The average molecular weight is 244 g/mol. The minimum atomic E-state index is 0.285. The number of hydrogen-bond acceptors (Lipinski definition) is 3. The molecule has 0 aliphatic heterocycles. The maximum absolute atomic E-state index is 9.58. The Morgan fingerprint density at radius 3 is 2.06 bits per heavy atom. The number of benzene rings is 2. The third-order valence-corrected chi connectivity index (χ3v) is 2.91. The first-order valence-corrected chi connectivity index (χ1v) is 5.68. The number of hydrogen-bond donors (Lipinski definition) is 1. The molecule has 0 aliphatic rings. The summed E-state index contributed by atoms with van der Waals surface area (Å²) in [4.78, 5) is 0. The Labute approximate surface area is 107 Å². The zero-order valence-electron chi connectivity index (χ0n) is 10.7. The van der Waals surface area contributed by atoms with E-state index in [9.17, 15) is 5.11 Å². The Kier molecular flexibility index (Phi) is 3.42. The van der Waals surface area contributed by atoms with E-state index in [4.69, 9.17) is 9.47 Å². The van der Waals surface area contributed by atoms with Gasteiger partial charge in [-0.1, -0.05) is 12.1 Å². The third-order valence-electron chi connectivity index (χ3n) is 2.91. The lowest BCUT2D eigenvalue weighted by Gasteiger charge is -2.13. The van der Waals surface area contributed by atoms with Gasteiger partial charge in [0.15, 0.2) is 0 Å². The van der Waals surface area contributed by atoms with Crippen LogP contribution in [0.5, 0.6) is 17.2 Å². The number of aryl methyl sites for hydroxylation is 1. The van der Waals surface area contributed by atoms with Crippen molar-refractivity contribution in [2.45, 2.75) is 6.92 Å². The third kappa shape index (κ3) is 2.12. The van der Waals surface area contributed by atoms with Crippen LogP contribution < -0.4 is 9.47 Å². The smallest absolute Gasteiger partial charge is 0.130 e. The van der Waals surface area contributed by atoms with Crippen molar-refractivity contribution in [3.8, 4) is 28.4 Å². The van der Waals surface area contributed by atoms with Crippen LogP contribution >= 0.6 is 0 Å². The molecule has 2 aromatic rings. The Morgan fingerprint density at radius 2 is 1.56 bits per heavy atom. The van der Waals surface area contributed by atoms with Gasteiger partial charge in [0.2, 0.25) is 0 Å². The summed E-state index contributed by atoms with van der Waals surface area (Å²) in [5, 5.41) is 9.58. The van der Waals surface area contributed by atoms with Crippen LogP contribution in [0.3, 0.4) is 0 Å². The van der Waals surface area contributed by atoms with Gasteiger partial charge in [-0.3, -0.25) is 0 Å². The van der Waals surface area contributed by atoms with E-state index >= 15 is 0 Å².